The van der Waals surface area contributed by atoms with Crippen molar-refractivity contribution in [1.29, 1.82) is 0 Å². The molecule has 0 unspecified atom stereocenters. The van der Waals surface area contributed by atoms with Gasteiger partial charge >= 0.3 is 6.09 Å². The van der Waals surface area contributed by atoms with E-state index >= 15 is 0 Å². The van der Waals surface area contributed by atoms with Crippen LogP contribution in [0.25, 0.3) is 11.0 Å². The number of nitrogens with one attached hydrogen (secondary N) is 2. The lowest BCUT2D eigenvalue weighted by molar-refractivity contribution is 0.103. The number of aromatic amines is 1. The zero-order chi connectivity index (χ0) is 16.4. The first-order chi connectivity index (χ1) is 11.1. The first kappa shape index (κ1) is 14.6. The smallest absolute Gasteiger partial charge is 0.413 e. The Hall–Kier alpha value is -3.35. The normalized spacial score (nSPS) is 10.5. The third-order valence-corrected chi connectivity index (χ3v) is 3.28. The van der Waals surface area contributed by atoms with Crippen LogP contribution in [-0.4, -0.2) is 34.1 Å². The Labute approximate surface area is 130 Å². The van der Waals surface area contributed by atoms with Crippen LogP contribution in [0.5, 0.6) is 5.75 Å². The Bertz CT molecular complexity index is 884. The number of benzene rings is 2. The van der Waals surface area contributed by atoms with Gasteiger partial charge in [-0.3, -0.25) is 10.1 Å². The lowest BCUT2D eigenvalue weighted by atomic mass is 10.0. The summed E-state index contributed by atoms with van der Waals surface area (Å²) < 4.78 is 4.49. The topological polar surface area (TPSA) is 104 Å². The Morgan fingerprint density at radius 2 is 1.83 bits per heavy atom. The molecule has 7 nitrogen and oxygen atoms in total. The maximum absolute atomic E-state index is 12.4. The van der Waals surface area contributed by atoms with Gasteiger partial charge in [0, 0.05) is 11.1 Å². The number of aromatic nitrogens is 2. The van der Waals surface area contributed by atoms with Gasteiger partial charge in [0.1, 0.15) is 5.75 Å². The molecule has 1 amide bonds. The summed E-state index contributed by atoms with van der Waals surface area (Å²) in [5.41, 5.74) is 2.16. The van der Waals surface area contributed by atoms with Gasteiger partial charge in [-0.15, -0.1) is 0 Å². The highest BCUT2D eigenvalue weighted by molar-refractivity contribution is 6.10. The van der Waals surface area contributed by atoms with Crippen LogP contribution in [0.2, 0.25) is 0 Å². The Kier molecular flexibility index (Phi) is 3.68. The summed E-state index contributed by atoms with van der Waals surface area (Å²) in [7, 11) is 1.26. The predicted octanol–water partition coefficient (Wildman–Crippen LogP) is 2.68. The predicted molar refractivity (Wildman–Crippen MR) is 83.7 cm³/mol. The molecule has 116 valence electrons. The van der Waals surface area contributed by atoms with Crippen molar-refractivity contribution in [2.45, 2.75) is 0 Å². The van der Waals surface area contributed by atoms with Gasteiger partial charge in [-0.25, -0.2) is 9.78 Å². The monoisotopic (exact) mass is 311 g/mol. The van der Waals surface area contributed by atoms with E-state index in [1.54, 1.807) is 30.3 Å². The number of imidazole rings is 1. The standard InChI is InChI=1S/C16H13N3O4/c1-23-16(22)19-15-17-12-7-4-10(8-13(12)18-15)14(21)9-2-5-11(20)6-3-9/h2-8,20H,1H3,(H2,17,18,19,22). The van der Waals surface area contributed by atoms with E-state index in [-0.39, 0.29) is 17.5 Å². The first-order valence-corrected chi connectivity index (χ1v) is 6.75. The summed E-state index contributed by atoms with van der Waals surface area (Å²) in [6.45, 7) is 0. The SMILES string of the molecule is COC(=O)Nc1nc2ccc(C(=O)c3ccc(O)cc3)cc2[nH]1. The summed E-state index contributed by atoms with van der Waals surface area (Å²) in [5.74, 6) is 0.161. The fourth-order valence-electron chi connectivity index (χ4n) is 2.14. The van der Waals surface area contributed by atoms with E-state index in [0.717, 1.165) is 0 Å². The second-order valence-electron chi connectivity index (χ2n) is 4.81. The largest absolute Gasteiger partial charge is 0.508 e. The van der Waals surface area contributed by atoms with Crippen molar-refractivity contribution in [3.8, 4) is 5.75 Å². The third kappa shape index (κ3) is 2.98. The van der Waals surface area contributed by atoms with Crippen LogP contribution >= 0.6 is 0 Å². The van der Waals surface area contributed by atoms with Crippen molar-refractivity contribution in [3.05, 3.63) is 53.6 Å². The molecule has 0 atom stereocenters. The number of carbonyl (C=O) groups is 2. The number of methoxy groups -OCH3 is 1. The molecule has 23 heavy (non-hydrogen) atoms. The van der Waals surface area contributed by atoms with E-state index in [1.807, 2.05) is 0 Å². The number of phenolic OH excluding ortho intramolecular Hbond substituents is 1. The summed E-state index contributed by atoms with van der Waals surface area (Å²) in [6, 6.07) is 11.0. The van der Waals surface area contributed by atoms with Gasteiger partial charge in [-0.2, -0.15) is 0 Å². The van der Waals surface area contributed by atoms with E-state index < -0.39 is 6.09 Å². The first-order valence-electron chi connectivity index (χ1n) is 6.75. The van der Waals surface area contributed by atoms with Crippen molar-refractivity contribution in [3.63, 3.8) is 0 Å². The molecule has 0 saturated heterocycles. The van der Waals surface area contributed by atoms with E-state index in [4.69, 9.17) is 0 Å². The Morgan fingerprint density at radius 3 is 2.52 bits per heavy atom. The number of aromatic hydroxyl groups is 1. The molecule has 1 heterocycles. The van der Waals surface area contributed by atoms with Crippen molar-refractivity contribution < 1.29 is 19.4 Å². The number of ether oxygens (including phenoxy) is 1. The van der Waals surface area contributed by atoms with Crippen molar-refractivity contribution >= 4 is 28.9 Å². The van der Waals surface area contributed by atoms with Crippen LogP contribution in [0.15, 0.2) is 42.5 Å². The number of hydrogen-bond donors (Lipinski definition) is 3. The van der Waals surface area contributed by atoms with Crippen LogP contribution < -0.4 is 5.32 Å². The summed E-state index contributed by atoms with van der Waals surface area (Å²) in [6.07, 6.45) is -0.635. The Morgan fingerprint density at radius 1 is 1.13 bits per heavy atom. The molecule has 7 heteroatoms. The number of fused-ring (bicyclic) bond motifs is 1. The van der Waals surface area contributed by atoms with Crippen molar-refractivity contribution in [1.82, 2.24) is 9.97 Å². The minimum absolute atomic E-state index is 0.101. The average molecular weight is 311 g/mol. The molecule has 0 aliphatic heterocycles. The van der Waals surface area contributed by atoms with Crippen LogP contribution in [0.1, 0.15) is 15.9 Å². The molecule has 0 radical (unpaired) electrons. The van der Waals surface area contributed by atoms with E-state index in [2.05, 4.69) is 20.0 Å². The average Bonchev–Trinajstić information content (AvgIpc) is 2.96. The van der Waals surface area contributed by atoms with Gasteiger partial charge in [-0.05, 0) is 42.5 Å². The number of hydrogen-bond acceptors (Lipinski definition) is 5. The molecule has 0 bridgehead atoms. The molecule has 0 aliphatic carbocycles. The molecule has 3 N–H and O–H groups in total. The molecule has 0 fully saturated rings. The molecule has 2 aromatic carbocycles. The molecule has 3 rings (SSSR count). The molecule has 3 aromatic rings. The molecule has 1 aromatic heterocycles. The minimum atomic E-state index is -0.635. The van der Waals surface area contributed by atoms with Gasteiger partial charge in [0.15, 0.2) is 5.78 Å². The number of ketones is 1. The lowest BCUT2D eigenvalue weighted by Crippen LogP contribution is -2.11. The number of amides is 1. The van der Waals surface area contributed by atoms with E-state index in [9.17, 15) is 14.7 Å². The highest BCUT2D eigenvalue weighted by Gasteiger charge is 2.12. The van der Waals surface area contributed by atoms with Crippen molar-refractivity contribution in [2.75, 3.05) is 12.4 Å². The zero-order valence-electron chi connectivity index (χ0n) is 12.2. The van der Waals surface area contributed by atoms with Crippen LogP contribution in [-0.2, 0) is 4.74 Å². The summed E-state index contributed by atoms with van der Waals surface area (Å²) in [4.78, 5) is 30.7. The minimum Gasteiger partial charge on any atom is -0.508 e. The number of carbonyl (C=O) groups excluding carboxylic acids is 2. The Balaban J connectivity index is 1.91. The van der Waals surface area contributed by atoms with Crippen LogP contribution in [0, 0.1) is 0 Å². The highest BCUT2D eigenvalue weighted by atomic mass is 16.5. The lowest BCUT2D eigenvalue weighted by Gasteiger charge is -2.01. The molecule has 0 saturated carbocycles. The number of anilines is 1. The van der Waals surface area contributed by atoms with E-state index in [0.29, 0.717) is 22.2 Å². The highest BCUT2D eigenvalue weighted by Crippen LogP contribution is 2.19. The molecular weight excluding hydrogens is 298 g/mol. The number of nitrogens with zero attached hydrogens (tertiary/aromatic N) is 1. The van der Waals surface area contributed by atoms with Crippen LogP contribution in [0.4, 0.5) is 10.7 Å². The summed E-state index contributed by atoms with van der Waals surface area (Å²) >= 11 is 0. The van der Waals surface area contributed by atoms with Crippen molar-refractivity contribution in [2.24, 2.45) is 0 Å². The van der Waals surface area contributed by atoms with E-state index in [1.165, 1.54) is 19.2 Å². The van der Waals surface area contributed by atoms with Gasteiger partial charge in [-0.1, -0.05) is 0 Å². The molecule has 0 spiro atoms. The zero-order valence-corrected chi connectivity index (χ0v) is 12.2. The van der Waals surface area contributed by atoms with Crippen LogP contribution in [0.3, 0.4) is 0 Å². The maximum Gasteiger partial charge on any atom is 0.413 e. The quantitative estimate of drug-likeness (QED) is 0.645. The third-order valence-electron chi connectivity index (χ3n) is 3.28. The van der Waals surface area contributed by atoms with Gasteiger partial charge in [0.05, 0.1) is 18.1 Å². The van der Waals surface area contributed by atoms with Gasteiger partial charge < -0.3 is 14.8 Å². The number of phenols is 1. The molecular formula is C16H13N3O4. The second-order valence-corrected chi connectivity index (χ2v) is 4.81. The van der Waals surface area contributed by atoms with Gasteiger partial charge in [0.2, 0.25) is 5.95 Å². The fourth-order valence-corrected chi connectivity index (χ4v) is 2.14. The maximum atomic E-state index is 12.4. The number of H-pyrrole nitrogens is 1. The molecule has 0 aliphatic rings. The van der Waals surface area contributed by atoms with Gasteiger partial charge in [0.25, 0.3) is 0 Å². The fraction of sp³-hybridized carbons (Fsp3) is 0.0625. The summed E-state index contributed by atoms with van der Waals surface area (Å²) in [5, 5.41) is 11.7. The second kappa shape index (κ2) is 5.80. The number of rotatable bonds is 3.